The summed E-state index contributed by atoms with van der Waals surface area (Å²) >= 11 is 0. The molecule has 0 radical (unpaired) electrons. The predicted molar refractivity (Wildman–Crippen MR) is 131 cm³/mol. The summed E-state index contributed by atoms with van der Waals surface area (Å²) in [6.45, 7) is 2.81. The van der Waals surface area contributed by atoms with Gasteiger partial charge in [-0.1, -0.05) is 18.2 Å². The van der Waals surface area contributed by atoms with Gasteiger partial charge >= 0.3 is 0 Å². The molecule has 1 unspecified atom stereocenters. The monoisotopic (exact) mass is 460 g/mol. The van der Waals surface area contributed by atoms with E-state index in [4.69, 9.17) is 14.6 Å². The summed E-state index contributed by atoms with van der Waals surface area (Å²) in [6.07, 6.45) is 2.28. The zero-order valence-corrected chi connectivity index (χ0v) is 19.8. The van der Waals surface area contributed by atoms with Crippen molar-refractivity contribution in [3.8, 4) is 22.8 Å². The Kier molecular flexibility index (Phi) is 6.54. The number of hydrogen-bond acceptors (Lipinski definition) is 5. The van der Waals surface area contributed by atoms with Crippen molar-refractivity contribution in [1.82, 2.24) is 20.0 Å². The highest BCUT2D eigenvalue weighted by Gasteiger charge is 2.41. The van der Waals surface area contributed by atoms with Crippen LogP contribution in [-0.4, -0.2) is 60.0 Å². The van der Waals surface area contributed by atoms with Gasteiger partial charge in [-0.2, -0.15) is 5.10 Å². The quantitative estimate of drug-likeness (QED) is 0.558. The molecular weight excluding hydrogens is 428 g/mol. The third kappa shape index (κ3) is 4.80. The van der Waals surface area contributed by atoms with Gasteiger partial charge in [0.2, 0.25) is 0 Å². The molecule has 34 heavy (non-hydrogen) atoms. The van der Waals surface area contributed by atoms with Gasteiger partial charge in [-0.15, -0.1) is 0 Å². The molecule has 1 N–H and O–H groups in total. The third-order valence-electron chi connectivity index (χ3n) is 7.21. The Hall–Kier alpha value is -3.32. The van der Waals surface area contributed by atoms with Crippen LogP contribution >= 0.6 is 0 Å². The molecule has 3 aliphatic heterocycles. The van der Waals surface area contributed by atoms with Crippen molar-refractivity contribution in [2.45, 2.75) is 24.8 Å². The number of carbonyl (C=O) groups is 1. The van der Waals surface area contributed by atoms with E-state index in [1.807, 2.05) is 54.2 Å². The topological polar surface area (TPSA) is 68.6 Å². The van der Waals surface area contributed by atoms with E-state index < -0.39 is 0 Å². The Balaban J connectivity index is 1.18. The average Bonchev–Trinajstić information content (AvgIpc) is 3.28. The Morgan fingerprint density at radius 1 is 1.12 bits per heavy atom. The second-order valence-corrected chi connectivity index (χ2v) is 9.25. The van der Waals surface area contributed by atoms with Gasteiger partial charge in [-0.25, -0.2) is 0 Å². The zero-order valence-electron chi connectivity index (χ0n) is 19.8. The molecule has 4 heterocycles. The standard InChI is InChI=1S/C27H32N4O3/c1-30-26(15-25(29-30)19-8-10-22(33-2)11-9-19)24-17-31-13-12-20(24)14-21(31)16-28-27(32)18-34-23-6-4-3-5-7-23/h3-11,15,20-21,24H,12-14,16-18H2,1-2H3,(H,28,32)/t20-,21+,24-/m0/s1. The van der Waals surface area contributed by atoms with Crippen LogP contribution in [-0.2, 0) is 11.8 Å². The van der Waals surface area contributed by atoms with Crippen LogP contribution < -0.4 is 14.8 Å². The first-order valence-corrected chi connectivity index (χ1v) is 12.0. The lowest BCUT2D eigenvalue weighted by Crippen LogP contribution is -2.56. The summed E-state index contributed by atoms with van der Waals surface area (Å²) in [5.74, 6) is 2.56. The van der Waals surface area contributed by atoms with Gasteiger partial charge in [0.25, 0.3) is 5.91 Å². The lowest BCUT2D eigenvalue weighted by molar-refractivity contribution is -0.123. The number of benzene rings is 2. The molecule has 3 aromatic rings. The Morgan fingerprint density at radius 2 is 1.91 bits per heavy atom. The maximum Gasteiger partial charge on any atom is 0.257 e. The highest BCUT2D eigenvalue weighted by Crippen LogP contribution is 2.42. The van der Waals surface area contributed by atoms with Crippen molar-refractivity contribution in [3.63, 3.8) is 0 Å². The number of piperidine rings is 3. The van der Waals surface area contributed by atoms with Gasteiger partial charge in [0.05, 0.1) is 12.8 Å². The van der Waals surface area contributed by atoms with E-state index in [0.717, 1.165) is 36.5 Å². The number of methoxy groups -OCH3 is 1. The van der Waals surface area contributed by atoms with Gasteiger partial charge in [0.15, 0.2) is 6.61 Å². The molecular formula is C27H32N4O3. The molecule has 7 heteroatoms. The highest BCUT2D eigenvalue weighted by molar-refractivity contribution is 5.77. The molecule has 6 rings (SSSR count). The zero-order chi connectivity index (χ0) is 23.5. The first kappa shape index (κ1) is 22.5. The van der Waals surface area contributed by atoms with Crippen molar-refractivity contribution < 1.29 is 14.3 Å². The van der Waals surface area contributed by atoms with E-state index >= 15 is 0 Å². The van der Waals surface area contributed by atoms with Crippen molar-refractivity contribution in [2.24, 2.45) is 13.0 Å². The van der Waals surface area contributed by atoms with Crippen LogP contribution in [0.5, 0.6) is 11.5 Å². The fourth-order valence-corrected chi connectivity index (χ4v) is 5.37. The number of aromatic nitrogens is 2. The lowest BCUT2D eigenvalue weighted by atomic mass is 9.74. The van der Waals surface area contributed by atoms with Gasteiger partial charge in [-0.05, 0) is 67.8 Å². The fourth-order valence-electron chi connectivity index (χ4n) is 5.37. The van der Waals surface area contributed by atoms with Crippen molar-refractivity contribution >= 4 is 5.91 Å². The van der Waals surface area contributed by atoms with Crippen LogP contribution in [0.25, 0.3) is 11.3 Å². The summed E-state index contributed by atoms with van der Waals surface area (Å²) < 4.78 is 12.9. The number of ether oxygens (including phenoxy) is 2. The van der Waals surface area contributed by atoms with Crippen LogP contribution in [0.4, 0.5) is 0 Å². The minimum absolute atomic E-state index is 0.0476. The Bertz CT molecular complexity index is 1110. The number of nitrogens with one attached hydrogen (secondary N) is 1. The maximum absolute atomic E-state index is 12.3. The van der Waals surface area contributed by atoms with Gasteiger partial charge in [0.1, 0.15) is 11.5 Å². The largest absolute Gasteiger partial charge is 0.497 e. The number of hydrogen-bond donors (Lipinski definition) is 1. The van der Waals surface area contributed by atoms with E-state index in [1.54, 1.807) is 7.11 Å². The second kappa shape index (κ2) is 9.89. The smallest absolute Gasteiger partial charge is 0.257 e. The molecule has 7 nitrogen and oxygen atoms in total. The lowest BCUT2D eigenvalue weighted by Gasteiger charge is -2.49. The molecule has 0 saturated carbocycles. The molecule has 1 amide bonds. The number of rotatable bonds is 8. The van der Waals surface area contributed by atoms with Gasteiger partial charge in [-0.3, -0.25) is 14.4 Å². The Morgan fingerprint density at radius 3 is 2.62 bits per heavy atom. The number of carbonyl (C=O) groups excluding carboxylic acids is 1. The van der Waals surface area contributed by atoms with Crippen molar-refractivity contribution in [2.75, 3.05) is 33.4 Å². The highest BCUT2D eigenvalue weighted by atomic mass is 16.5. The predicted octanol–water partition coefficient (Wildman–Crippen LogP) is 3.47. The molecule has 178 valence electrons. The van der Waals surface area contributed by atoms with E-state index in [-0.39, 0.29) is 12.5 Å². The van der Waals surface area contributed by atoms with E-state index in [9.17, 15) is 4.79 Å². The Labute approximate surface area is 200 Å². The molecule has 2 bridgehead atoms. The van der Waals surface area contributed by atoms with E-state index in [1.165, 1.54) is 12.1 Å². The second-order valence-electron chi connectivity index (χ2n) is 9.25. The first-order chi connectivity index (χ1) is 16.6. The molecule has 0 aliphatic carbocycles. The summed E-state index contributed by atoms with van der Waals surface area (Å²) in [5, 5.41) is 7.88. The van der Waals surface area contributed by atoms with Crippen molar-refractivity contribution in [1.29, 1.82) is 0 Å². The van der Waals surface area contributed by atoms with Gasteiger partial charge < -0.3 is 14.8 Å². The van der Waals surface area contributed by atoms with Gasteiger partial charge in [0, 0.05) is 43.4 Å². The maximum atomic E-state index is 12.3. The van der Waals surface area contributed by atoms with Crippen LogP contribution in [0.1, 0.15) is 24.5 Å². The first-order valence-electron chi connectivity index (χ1n) is 12.0. The van der Waals surface area contributed by atoms with E-state index in [0.29, 0.717) is 30.2 Å². The average molecular weight is 461 g/mol. The molecule has 0 spiro atoms. The molecule has 3 aliphatic rings. The molecule has 4 atom stereocenters. The summed E-state index contributed by atoms with van der Waals surface area (Å²) in [7, 11) is 3.73. The normalized spacial score (nSPS) is 23.5. The number of aryl methyl sites for hydroxylation is 1. The third-order valence-corrected chi connectivity index (χ3v) is 7.21. The summed E-state index contributed by atoms with van der Waals surface area (Å²) in [6, 6.07) is 20.1. The minimum Gasteiger partial charge on any atom is -0.497 e. The fraction of sp³-hybridized carbons (Fsp3) is 0.407. The van der Waals surface area contributed by atoms with Crippen LogP contribution in [0.2, 0.25) is 0 Å². The number of fused-ring (bicyclic) bond motifs is 3. The summed E-state index contributed by atoms with van der Waals surface area (Å²) in [4.78, 5) is 14.8. The molecule has 2 aromatic carbocycles. The molecule has 3 fully saturated rings. The van der Waals surface area contributed by atoms with E-state index in [2.05, 4.69) is 28.4 Å². The van der Waals surface area contributed by atoms with Crippen molar-refractivity contribution in [3.05, 3.63) is 66.4 Å². The van der Waals surface area contributed by atoms with Crippen LogP contribution in [0, 0.1) is 5.92 Å². The molecule has 1 aromatic heterocycles. The van der Waals surface area contributed by atoms with Crippen LogP contribution in [0.3, 0.4) is 0 Å². The SMILES string of the molecule is COc1ccc(-c2cc([C@H]3CN4CC[C@H]3C[C@@H]4CNC(=O)COc3ccccc3)n(C)n2)cc1. The van der Waals surface area contributed by atoms with Crippen LogP contribution in [0.15, 0.2) is 60.7 Å². The number of nitrogens with zero attached hydrogens (tertiary/aromatic N) is 3. The minimum atomic E-state index is -0.0705. The number of amides is 1. The summed E-state index contributed by atoms with van der Waals surface area (Å²) in [5.41, 5.74) is 3.39. The molecule has 3 saturated heterocycles. The number of para-hydroxylation sites is 1.